The average molecular weight is 432 g/mol. The molecule has 3 aromatic rings. The number of hydrogen-bond acceptors (Lipinski definition) is 4. The van der Waals surface area contributed by atoms with Gasteiger partial charge in [-0.15, -0.1) is 0 Å². The van der Waals surface area contributed by atoms with E-state index >= 15 is 0 Å². The molecule has 2 aromatic carbocycles. The van der Waals surface area contributed by atoms with Crippen molar-refractivity contribution < 1.29 is 22.9 Å². The van der Waals surface area contributed by atoms with E-state index in [4.69, 9.17) is 4.42 Å². The Morgan fingerprint density at radius 3 is 2.10 bits per heavy atom. The second kappa shape index (κ2) is 8.62. The van der Waals surface area contributed by atoms with Crippen LogP contribution in [0.2, 0.25) is 0 Å². The van der Waals surface area contributed by atoms with Crippen LogP contribution in [0.25, 0.3) is 11.1 Å². The normalized spacial score (nSPS) is 13.3. The second-order valence-corrected chi connectivity index (χ2v) is 8.98. The van der Waals surface area contributed by atoms with Crippen LogP contribution in [0.5, 0.6) is 5.75 Å². The first-order valence-electron chi connectivity index (χ1n) is 9.36. The van der Waals surface area contributed by atoms with Gasteiger partial charge in [0.15, 0.2) is 4.90 Å². The molecular formula is C23H22F2O4S. The zero-order valence-electron chi connectivity index (χ0n) is 17.1. The molecule has 2 atom stereocenters. The highest BCUT2D eigenvalue weighted by atomic mass is 32.2. The Morgan fingerprint density at radius 2 is 1.57 bits per heavy atom. The predicted octanol–water partition coefficient (Wildman–Crippen LogP) is 5.13. The van der Waals surface area contributed by atoms with E-state index in [1.807, 2.05) is 32.9 Å². The fourth-order valence-corrected chi connectivity index (χ4v) is 4.91. The maximum Gasteiger partial charge on any atom is 0.347 e. The Kier molecular flexibility index (Phi) is 6.33. The van der Waals surface area contributed by atoms with Gasteiger partial charge in [-0.05, 0) is 48.6 Å². The van der Waals surface area contributed by atoms with E-state index in [9.17, 15) is 23.2 Å². The van der Waals surface area contributed by atoms with Crippen LogP contribution in [0.4, 0.5) is 8.78 Å². The van der Waals surface area contributed by atoms with Crippen LogP contribution in [0.15, 0.2) is 50.5 Å². The molecule has 0 bridgehead atoms. The van der Waals surface area contributed by atoms with Crippen molar-refractivity contribution in [3.05, 3.63) is 80.9 Å². The molecule has 0 fully saturated rings. The smallest absolute Gasteiger partial charge is 0.347 e. The van der Waals surface area contributed by atoms with Crippen molar-refractivity contribution in [2.45, 2.75) is 38.5 Å². The molecule has 3 rings (SSSR count). The maximum absolute atomic E-state index is 13.4. The van der Waals surface area contributed by atoms with Crippen molar-refractivity contribution in [3.63, 3.8) is 0 Å². The van der Waals surface area contributed by atoms with Gasteiger partial charge in [0.1, 0.15) is 34.5 Å². The summed E-state index contributed by atoms with van der Waals surface area (Å²) < 4.78 is 44.7. The highest BCUT2D eigenvalue weighted by Gasteiger charge is 2.24. The highest BCUT2D eigenvalue weighted by molar-refractivity contribution is 7.91. The molecule has 1 N–H and O–H groups in total. The van der Waals surface area contributed by atoms with Crippen LogP contribution in [0.1, 0.15) is 35.3 Å². The Balaban J connectivity index is 1.92. The van der Waals surface area contributed by atoms with Gasteiger partial charge in [0.25, 0.3) is 0 Å². The summed E-state index contributed by atoms with van der Waals surface area (Å²) in [7, 11) is 0. The quantitative estimate of drug-likeness (QED) is 0.568. The number of rotatable bonds is 5. The molecule has 0 saturated carbocycles. The van der Waals surface area contributed by atoms with Crippen molar-refractivity contribution in [1.82, 2.24) is 0 Å². The number of aryl methyl sites for hydroxylation is 3. The maximum atomic E-state index is 13.4. The van der Waals surface area contributed by atoms with Crippen molar-refractivity contribution in [2.75, 3.05) is 5.75 Å². The van der Waals surface area contributed by atoms with Crippen LogP contribution in [0, 0.1) is 32.4 Å². The van der Waals surface area contributed by atoms with E-state index in [2.05, 4.69) is 0 Å². The van der Waals surface area contributed by atoms with Gasteiger partial charge < -0.3 is 14.1 Å². The molecule has 0 amide bonds. The Labute approximate surface area is 176 Å². The lowest BCUT2D eigenvalue weighted by Gasteiger charge is -2.17. The van der Waals surface area contributed by atoms with Gasteiger partial charge in [0, 0.05) is 24.3 Å². The summed E-state index contributed by atoms with van der Waals surface area (Å²) >= 11 is -1.72. The molecule has 1 aromatic heterocycles. The number of aromatic hydroxyl groups is 1. The van der Waals surface area contributed by atoms with E-state index < -0.39 is 34.4 Å². The van der Waals surface area contributed by atoms with Crippen molar-refractivity contribution >= 4 is 11.2 Å². The minimum atomic E-state index is -1.72. The molecule has 0 spiro atoms. The molecule has 158 valence electrons. The lowest BCUT2D eigenvalue weighted by molar-refractivity contribution is 0.414. The summed E-state index contributed by atoms with van der Waals surface area (Å²) in [6.45, 7) is 7.31. The summed E-state index contributed by atoms with van der Waals surface area (Å²) in [5.41, 5.74) is 2.71. The van der Waals surface area contributed by atoms with Crippen LogP contribution in [0.3, 0.4) is 0 Å². The molecule has 0 aliphatic heterocycles. The van der Waals surface area contributed by atoms with E-state index in [1.165, 1.54) is 6.07 Å². The molecule has 0 saturated heterocycles. The first-order valence-corrected chi connectivity index (χ1v) is 10.7. The van der Waals surface area contributed by atoms with E-state index in [-0.39, 0.29) is 27.7 Å². The van der Waals surface area contributed by atoms with Gasteiger partial charge in [-0.2, -0.15) is 0 Å². The fourth-order valence-electron chi connectivity index (χ4n) is 3.61. The molecule has 4 nitrogen and oxygen atoms in total. The van der Waals surface area contributed by atoms with Crippen LogP contribution in [-0.4, -0.2) is 15.4 Å². The molecule has 1 heterocycles. The zero-order valence-corrected chi connectivity index (χ0v) is 17.9. The highest BCUT2D eigenvalue weighted by Crippen LogP contribution is 2.34. The van der Waals surface area contributed by atoms with Crippen LogP contribution >= 0.6 is 0 Å². The van der Waals surface area contributed by atoms with Crippen molar-refractivity contribution in [3.8, 4) is 16.9 Å². The monoisotopic (exact) mass is 432 g/mol. The van der Waals surface area contributed by atoms with Gasteiger partial charge >= 0.3 is 5.63 Å². The minimum Gasteiger partial charge on any atom is -0.611 e. The number of halogens is 2. The Bertz CT molecular complexity index is 1110. The van der Waals surface area contributed by atoms with Gasteiger partial charge in [-0.1, -0.05) is 24.6 Å². The zero-order chi connectivity index (χ0) is 22.2. The van der Waals surface area contributed by atoms with Gasteiger partial charge in [0.2, 0.25) is 0 Å². The lowest BCUT2D eigenvalue weighted by atomic mass is 9.94. The standard InChI is InChI=1S/C23H22F2O4S/c1-12-5-13(2)21(14(3)6-12)22-19(26)10-20(29-23(22)27)15(4)11-30(28)18-8-16(24)7-17(25)9-18/h5-10,15,26H,11H2,1-4H3. The van der Waals surface area contributed by atoms with Crippen molar-refractivity contribution in [2.24, 2.45) is 0 Å². The molecule has 0 aliphatic carbocycles. The third-order valence-corrected chi connectivity index (χ3v) is 6.43. The predicted molar refractivity (Wildman–Crippen MR) is 112 cm³/mol. The molecule has 2 unspecified atom stereocenters. The van der Waals surface area contributed by atoms with Crippen molar-refractivity contribution in [1.29, 1.82) is 0 Å². The third-order valence-electron chi connectivity index (χ3n) is 4.86. The van der Waals surface area contributed by atoms with E-state index in [1.54, 1.807) is 6.92 Å². The largest absolute Gasteiger partial charge is 0.611 e. The van der Waals surface area contributed by atoms with Crippen LogP contribution < -0.4 is 5.63 Å². The minimum absolute atomic E-state index is 0.00782. The number of benzene rings is 2. The SMILES string of the molecule is Cc1cc(C)c(-c2c(O)cc(C(C)C[S+]([O-])c3cc(F)cc(F)c3)oc2=O)c(C)c1. The molecule has 0 aliphatic rings. The summed E-state index contributed by atoms with van der Waals surface area (Å²) in [5.74, 6) is -2.29. The van der Waals surface area contributed by atoms with Gasteiger partial charge in [-0.3, -0.25) is 0 Å². The molecule has 30 heavy (non-hydrogen) atoms. The van der Waals surface area contributed by atoms with E-state index in [0.29, 0.717) is 11.6 Å². The molecule has 0 radical (unpaired) electrons. The third kappa shape index (κ3) is 4.57. The summed E-state index contributed by atoms with van der Waals surface area (Å²) in [6.07, 6.45) is 0. The van der Waals surface area contributed by atoms with E-state index in [0.717, 1.165) is 28.8 Å². The Hall–Kier alpha value is -2.64. The first kappa shape index (κ1) is 22.1. The first-order chi connectivity index (χ1) is 14.1. The topological polar surface area (TPSA) is 73.5 Å². The lowest BCUT2D eigenvalue weighted by Crippen LogP contribution is -2.16. The number of hydrogen-bond donors (Lipinski definition) is 1. The fraction of sp³-hybridized carbons (Fsp3) is 0.261. The second-order valence-electron chi connectivity index (χ2n) is 7.49. The Morgan fingerprint density at radius 1 is 1.00 bits per heavy atom. The van der Waals surface area contributed by atoms with Gasteiger partial charge in [-0.25, -0.2) is 13.6 Å². The summed E-state index contributed by atoms with van der Waals surface area (Å²) in [4.78, 5) is 12.7. The summed E-state index contributed by atoms with van der Waals surface area (Å²) in [6, 6.07) is 7.88. The molecular weight excluding hydrogens is 410 g/mol. The van der Waals surface area contributed by atoms with Crippen LogP contribution in [-0.2, 0) is 11.2 Å². The molecule has 7 heteroatoms. The summed E-state index contributed by atoms with van der Waals surface area (Å²) in [5, 5.41) is 10.6. The average Bonchev–Trinajstić information content (AvgIpc) is 2.62. The van der Waals surface area contributed by atoms with Gasteiger partial charge in [0.05, 0.1) is 5.92 Å².